The van der Waals surface area contributed by atoms with Gasteiger partial charge in [0.2, 0.25) is 0 Å². The Hall–Kier alpha value is -3.68. The molecule has 2 atom stereocenters. The van der Waals surface area contributed by atoms with Crippen LogP contribution in [0.5, 0.6) is 0 Å². The largest absolute Gasteiger partial charge is 0.330 e. The quantitative estimate of drug-likeness (QED) is 0.502. The number of aromatic nitrogens is 5. The highest BCUT2D eigenvalue weighted by atomic mass is 16.2. The van der Waals surface area contributed by atoms with Crippen molar-refractivity contribution in [2.45, 2.75) is 51.2 Å². The average molecular weight is 456 g/mol. The average Bonchev–Trinajstić information content (AvgIpc) is 3.64. The summed E-state index contributed by atoms with van der Waals surface area (Å²) >= 11 is 0. The maximum atomic E-state index is 13.1. The van der Waals surface area contributed by atoms with E-state index in [2.05, 4.69) is 45.2 Å². The Kier molecular flexibility index (Phi) is 4.90. The second kappa shape index (κ2) is 7.97. The zero-order valence-corrected chi connectivity index (χ0v) is 19.6. The van der Waals surface area contributed by atoms with Gasteiger partial charge in [0.05, 0.1) is 22.9 Å². The van der Waals surface area contributed by atoms with Crippen LogP contribution in [0, 0.1) is 0 Å². The van der Waals surface area contributed by atoms with E-state index < -0.39 is 0 Å². The predicted octanol–water partition coefficient (Wildman–Crippen LogP) is 4.13. The van der Waals surface area contributed by atoms with Crippen molar-refractivity contribution in [1.82, 2.24) is 34.8 Å². The van der Waals surface area contributed by atoms with Crippen molar-refractivity contribution in [2.75, 3.05) is 13.1 Å². The minimum Gasteiger partial charge on any atom is -0.330 e. The number of likely N-dealkylation sites (tertiary alicyclic amines) is 1. The molecule has 174 valence electrons. The maximum absolute atomic E-state index is 13.1. The Morgan fingerprint density at radius 1 is 1.18 bits per heavy atom. The number of carbonyl (C=O) groups is 1. The second-order valence-corrected chi connectivity index (χ2v) is 9.50. The number of nitrogens with zero attached hydrogens (tertiary/aromatic N) is 6. The van der Waals surface area contributed by atoms with Gasteiger partial charge in [0, 0.05) is 60.6 Å². The van der Waals surface area contributed by atoms with Gasteiger partial charge in [-0.1, -0.05) is 18.2 Å². The zero-order chi connectivity index (χ0) is 23.3. The van der Waals surface area contributed by atoms with Crippen LogP contribution in [0.25, 0.3) is 22.2 Å². The highest BCUT2D eigenvalue weighted by Crippen LogP contribution is 2.44. The number of nitrogens with one attached hydrogen (secondary N) is 1. The molecule has 1 spiro atoms. The van der Waals surface area contributed by atoms with Crippen LogP contribution in [0.2, 0.25) is 0 Å². The van der Waals surface area contributed by atoms with Gasteiger partial charge in [0.15, 0.2) is 0 Å². The normalized spacial score (nSPS) is 20.2. The molecule has 1 fully saturated rings. The Balaban J connectivity index is 1.20. The number of pyridine rings is 1. The van der Waals surface area contributed by atoms with Gasteiger partial charge >= 0.3 is 6.03 Å². The van der Waals surface area contributed by atoms with Crippen molar-refractivity contribution in [3.63, 3.8) is 0 Å². The molecule has 0 bridgehead atoms. The topological polar surface area (TPSA) is 80.9 Å². The number of carbonyl (C=O) groups excluding carboxylic acids is 1. The van der Waals surface area contributed by atoms with Crippen molar-refractivity contribution in [2.24, 2.45) is 0 Å². The predicted molar refractivity (Wildman–Crippen MR) is 130 cm³/mol. The van der Waals surface area contributed by atoms with Crippen molar-refractivity contribution in [1.29, 1.82) is 0 Å². The number of fused-ring (bicyclic) bond motifs is 3. The molecule has 1 aromatic carbocycles. The van der Waals surface area contributed by atoms with Crippen LogP contribution in [-0.4, -0.2) is 48.6 Å². The zero-order valence-electron chi connectivity index (χ0n) is 19.6. The molecule has 2 aliphatic heterocycles. The lowest BCUT2D eigenvalue weighted by Crippen LogP contribution is -2.41. The number of amides is 2. The smallest absolute Gasteiger partial charge is 0.317 e. The van der Waals surface area contributed by atoms with Crippen LogP contribution in [-0.2, 0) is 18.5 Å². The molecular formula is C26H29N7O. The van der Waals surface area contributed by atoms with Gasteiger partial charge in [-0.25, -0.2) is 4.79 Å². The molecule has 8 nitrogen and oxygen atoms in total. The van der Waals surface area contributed by atoms with E-state index in [-0.39, 0.29) is 17.5 Å². The summed E-state index contributed by atoms with van der Waals surface area (Å²) in [6.07, 6.45) is 5.68. The maximum Gasteiger partial charge on any atom is 0.317 e. The van der Waals surface area contributed by atoms with E-state index in [0.29, 0.717) is 0 Å². The van der Waals surface area contributed by atoms with Crippen molar-refractivity contribution in [3.8, 4) is 11.3 Å². The summed E-state index contributed by atoms with van der Waals surface area (Å²) in [6, 6.07) is 14.4. The van der Waals surface area contributed by atoms with Gasteiger partial charge in [0.1, 0.15) is 0 Å². The Morgan fingerprint density at radius 2 is 2.03 bits per heavy atom. The summed E-state index contributed by atoms with van der Waals surface area (Å²) in [4.78, 5) is 19.7. The van der Waals surface area contributed by atoms with Gasteiger partial charge in [-0.2, -0.15) is 10.2 Å². The lowest BCUT2D eigenvalue weighted by atomic mass is 9.82. The van der Waals surface area contributed by atoms with E-state index in [4.69, 9.17) is 5.10 Å². The van der Waals surface area contributed by atoms with Crippen LogP contribution < -0.4 is 5.32 Å². The number of rotatable bonds is 4. The molecule has 34 heavy (non-hydrogen) atoms. The van der Waals surface area contributed by atoms with E-state index in [1.54, 1.807) is 6.20 Å². The van der Waals surface area contributed by atoms with E-state index in [1.807, 2.05) is 47.0 Å². The van der Waals surface area contributed by atoms with Crippen molar-refractivity contribution >= 4 is 16.9 Å². The van der Waals surface area contributed by atoms with E-state index in [1.165, 1.54) is 5.69 Å². The minimum absolute atomic E-state index is 0.00912. The molecular weight excluding hydrogens is 426 g/mol. The first-order chi connectivity index (χ1) is 16.6. The van der Waals surface area contributed by atoms with Crippen molar-refractivity contribution < 1.29 is 4.79 Å². The number of aryl methyl sites for hydroxylation is 2. The van der Waals surface area contributed by atoms with Crippen LogP contribution in [0.3, 0.4) is 0 Å². The fraction of sp³-hybridized carbons (Fsp3) is 0.385. The third kappa shape index (κ3) is 3.36. The Bertz CT molecular complexity index is 1370. The van der Waals surface area contributed by atoms with Gasteiger partial charge < -0.3 is 10.2 Å². The monoisotopic (exact) mass is 455 g/mol. The molecule has 3 aromatic heterocycles. The van der Waals surface area contributed by atoms with Crippen molar-refractivity contribution in [3.05, 3.63) is 66.2 Å². The fourth-order valence-electron chi connectivity index (χ4n) is 5.60. The minimum atomic E-state index is -0.0902. The SMILES string of the molecule is CCn1nccc1C(C)NC(=O)N1CCC2(CCn3nc(-c4cnc5ccccc5c4)cc32)C1. The third-order valence-electron chi connectivity index (χ3n) is 7.49. The lowest BCUT2D eigenvalue weighted by Gasteiger charge is -2.25. The van der Waals surface area contributed by atoms with E-state index in [9.17, 15) is 4.79 Å². The first-order valence-corrected chi connectivity index (χ1v) is 12.1. The summed E-state index contributed by atoms with van der Waals surface area (Å²) in [6.45, 7) is 7.22. The standard InChI is InChI=1S/C26H29N7O/c1-3-32-23(8-11-28-32)18(2)29-25(34)31-12-9-26(17-31)10-13-33-24(26)15-22(30-33)20-14-19-6-4-5-7-21(19)27-16-20/h4-8,11,14-16,18H,3,9-10,12-13,17H2,1-2H3,(H,29,34). The molecule has 2 amide bonds. The van der Waals surface area contributed by atoms with E-state index >= 15 is 0 Å². The number of hydrogen-bond donors (Lipinski definition) is 1. The molecule has 4 aromatic rings. The molecule has 0 aliphatic carbocycles. The van der Waals surface area contributed by atoms with Gasteiger partial charge in [-0.15, -0.1) is 0 Å². The summed E-state index contributed by atoms with van der Waals surface area (Å²) in [7, 11) is 0. The molecule has 5 heterocycles. The first kappa shape index (κ1) is 20.9. The summed E-state index contributed by atoms with van der Waals surface area (Å²) in [5, 5.41) is 13.5. The van der Waals surface area contributed by atoms with Gasteiger partial charge in [0.25, 0.3) is 0 Å². The van der Waals surface area contributed by atoms with Crippen LogP contribution >= 0.6 is 0 Å². The molecule has 2 aliphatic rings. The molecule has 6 rings (SSSR count). The number of urea groups is 1. The molecule has 0 saturated carbocycles. The summed E-state index contributed by atoms with van der Waals surface area (Å²) in [5.74, 6) is 0. The third-order valence-corrected chi connectivity index (χ3v) is 7.49. The highest BCUT2D eigenvalue weighted by molar-refractivity contribution is 5.82. The summed E-state index contributed by atoms with van der Waals surface area (Å²) in [5.41, 5.74) is 5.21. The highest BCUT2D eigenvalue weighted by Gasteiger charge is 2.47. The lowest BCUT2D eigenvalue weighted by molar-refractivity contribution is 0.201. The fourth-order valence-corrected chi connectivity index (χ4v) is 5.60. The molecule has 2 unspecified atom stereocenters. The first-order valence-electron chi connectivity index (χ1n) is 12.1. The molecule has 0 radical (unpaired) electrons. The van der Waals surface area contributed by atoms with Crippen LogP contribution in [0.4, 0.5) is 4.79 Å². The molecule has 1 saturated heterocycles. The number of benzene rings is 1. The number of hydrogen-bond acceptors (Lipinski definition) is 4. The van der Waals surface area contributed by atoms with Gasteiger partial charge in [-0.05, 0) is 51.0 Å². The van der Waals surface area contributed by atoms with Gasteiger partial charge in [-0.3, -0.25) is 14.3 Å². The molecule has 8 heteroatoms. The second-order valence-electron chi connectivity index (χ2n) is 9.50. The molecule has 1 N–H and O–H groups in total. The summed E-state index contributed by atoms with van der Waals surface area (Å²) < 4.78 is 4.06. The van der Waals surface area contributed by atoms with Crippen LogP contribution in [0.1, 0.15) is 44.1 Å². The Labute approximate surface area is 198 Å². The van der Waals surface area contributed by atoms with Crippen LogP contribution in [0.15, 0.2) is 54.9 Å². The Morgan fingerprint density at radius 3 is 2.91 bits per heavy atom. The number of para-hydroxylation sites is 1. The van der Waals surface area contributed by atoms with E-state index in [0.717, 1.165) is 66.9 Å².